The maximum absolute atomic E-state index is 12.2. The van der Waals surface area contributed by atoms with Crippen LogP contribution in [-0.4, -0.2) is 18.4 Å². The molecule has 29 heavy (non-hydrogen) atoms. The van der Waals surface area contributed by atoms with Crippen molar-refractivity contribution in [3.05, 3.63) is 0 Å². The summed E-state index contributed by atoms with van der Waals surface area (Å²) in [5.74, 6) is -0.883. The number of carbonyl (C=O) groups is 2. The van der Waals surface area contributed by atoms with Crippen LogP contribution in [-0.2, 0) is 14.3 Å². The van der Waals surface area contributed by atoms with Gasteiger partial charge in [0.25, 0.3) is 0 Å². The van der Waals surface area contributed by atoms with Crippen LogP contribution in [0.3, 0.4) is 0 Å². The van der Waals surface area contributed by atoms with E-state index in [0.717, 1.165) is 25.7 Å². The van der Waals surface area contributed by atoms with E-state index >= 15 is 0 Å². The van der Waals surface area contributed by atoms with Gasteiger partial charge in [-0.15, -0.1) is 0 Å². The molecular weight excluding hydrogens is 360 g/mol. The van der Waals surface area contributed by atoms with Gasteiger partial charge in [-0.1, -0.05) is 123 Å². The second-order valence-corrected chi connectivity index (χ2v) is 8.78. The smallest absolute Gasteiger partial charge is 0.316 e. The van der Waals surface area contributed by atoms with Gasteiger partial charge in [0, 0.05) is 0 Å². The quantitative estimate of drug-likeness (QED) is 0.103. The van der Waals surface area contributed by atoms with E-state index in [0.29, 0.717) is 13.0 Å². The molecule has 1 atom stereocenters. The summed E-state index contributed by atoms with van der Waals surface area (Å²) in [5.41, 5.74) is 0. The van der Waals surface area contributed by atoms with Crippen molar-refractivity contribution >= 4 is 11.8 Å². The number of Topliss-reactive ketones (excluding diaryl/α,β-unsaturated/α-hetero) is 1. The molecular formula is C26H50O3. The van der Waals surface area contributed by atoms with Gasteiger partial charge in [-0.25, -0.2) is 0 Å². The first-order chi connectivity index (χ1) is 14.1. The number of esters is 1. The first-order valence-corrected chi connectivity index (χ1v) is 12.8. The molecule has 0 heterocycles. The van der Waals surface area contributed by atoms with E-state index in [4.69, 9.17) is 4.74 Å². The monoisotopic (exact) mass is 410 g/mol. The second-order valence-electron chi connectivity index (χ2n) is 8.78. The molecule has 0 aromatic rings. The van der Waals surface area contributed by atoms with Gasteiger partial charge in [-0.2, -0.15) is 0 Å². The molecule has 0 saturated carbocycles. The van der Waals surface area contributed by atoms with E-state index in [1.807, 2.05) is 0 Å². The van der Waals surface area contributed by atoms with Crippen molar-refractivity contribution in [3.8, 4) is 0 Å². The van der Waals surface area contributed by atoms with Crippen molar-refractivity contribution < 1.29 is 14.3 Å². The Hall–Kier alpha value is -0.860. The van der Waals surface area contributed by atoms with Crippen molar-refractivity contribution in [1.82, 2.24) is 0 Å². The van der Waals surface area contributed by atoms with Crippen LogP contribution in [0, 0.1) is 5.92 Å². The topological polar surface area (TPSA) is 43.4 Å². The molecule has 0 bridgehead atoms. The van der Waals surface area contributed by atoms with E-state index in [2.05, 4.69) is 13.8 Å². The molecule has 0 saturated heterocycles. The van der Waals surface area contributed by atoms with Gasteiger partial charge in [0.05, 0.1) is 6.61 Å². The van der Waals surface area contributed by atoms with Gasteiger partial charge < -0.3 is 4.74 Å². The molecule has 1 unspecified atom stereocenters. The third kappa shape index (κ3) is 18.9. The van der Waals surface area contributed by atoms with Crippen LogP contribution >= 0.6 is 0 Å². The second kappa shape index (κ2) is 21.8. The molecule has 0 aliphatic heterocycles. The van der Waals surface area contributed by atoms with Crippen LogP contribution in [0.1, 0.15) is 143 Å². The first-order valence-electron chi connectivity index (χ1n) is 12.8. The Morgan fingerprint density at radius 2 is 0.966 bits per heavy atom. The maximum Gasteiger partial charge on any atom is 0.316 e. The van der Waals surface area contributed by atoms with Crippen molar-refractivity contribution in [1.29, 1.82) is 0 Å². The molecule has 0 spiro atoms. The normalized spacial score (nSPS) is 12.1. The molecule has 0 aromatic heterocycles. The summed E-state index contributed by atoms with van der Waals surface area (Å²) in [6.07, 6.45) is 23.2. The Balaban J connectivity index is 3.57. The Kier molecular flexibility index (Phi) is 21.2. The molecule has 3 heteroatoms. The van der Waals surface area contributed by atoms with Crippen LogP contribution in [0.25, 0.3) is 0 Å². The summed E-state index contributed by atoms with van der Waals surface area (Å²) < 4.78 is 5.39. The molecule has 0 rings (SSSR count). The molecule has 0 fully saturated rings. The summed E-state index contributed by atoms with van der Waals surface area (Å²) in [6.45, 7) is 6.46. The van der Waals surface area contributed by atoms with Crippen molar-refractivity contribution in [2.45, 2.75) is 143 Å². The minimum atomic E-state index is -0.543. The van der Waals surface area contributed by atoms with Gasteiger partial charge in [-0.05, 0) is 19.8 Å². The lowest BCUT2D eigenvalue weighted by atomic mass is 9.97. The predicted molar refractivity (Wildman–Crippen MR) is 124 cm³/mol. The van der Waals surface area contributed by atoms with Gasteiger partial charge in [0.2, 0.25) is 0 Å². The average molecular weight is 411 g/mol. The van der Waals surface area contributed by atoms with Gasteiger partial charge >= 0.3 is 5.97 Å². The standard InChI is InChI=1S/C26H50O3/c1-4-6-8-10-12-13-14-15-16-17-19-21-23-29-26(28)25(24(3)27)22-20-18-11-9-7-5-2/h25H,4-23H2,1-3H3. The Morgan fingerprint density at radius 3 is 1.38 bits per heavy atom. The molecule has 0 aliphatic rings. The Bertz CT molecular complexity index is 378. The lowest BCUT2D eigenvalue weighted by molar-refractivity contribution is -0.152. The number of hydrogen-bond donors (Lipinski definition) is 0. The highest BCUT2D eigenvalue weighted by Gasteiger charge is 2.24. The molecule has 0 aromatic carbocycles. The van der Waals surface area contributed by atoms with E-state index < -0.39 is 5.92 Å². The highest BCUT2D eigenvalue weighted by molar-refractivity contribution is 5.97. The number of ether oxygens (including phenoxy) is 1. The van der Waals surface area contributed by atoms with Gasteiger partial charge in [0.1, 0.15) is 11.7 Å². The number of ketones is 1. The summed E-state index contributed by atoms with van der Waals surface area (Å²) in [5, 5.41) is 0. The number of rotatable bonds is 22. The molecule has 172 valence electrons. The summed E-state index contributed by atoms with van der Waals surface area (Å²) in [4.78, 5) is 24.0. The Morgan fingerprint density at radius 1 is 0.586 bits per heavy atom. The zero-order valence-electron chi connectivity index (χ0n) is 19.9. The minimum Gasteiger partial charge on any atom is -0.465 e. The summed E-state index contributed by atoms with van der Waals surface area (Å²) in [6, 6.07) is 0. The predicted octanol–water partition coefficient (Wildman–Crippen LogP) is 8.19. The van der Waals surface area contributed by atoms with Gasteiger partial charge in [-0.3, -0.25) is 9.59 Å². The minimum absolute atomic E-state index is 0.0433. The van der Waals surface area contributed by atoms with E-state index in [1.54, 1.807) is 0 Å². The van der Waals surface area contributed by atoms with Gasteiger partial charge in [0.15, 0.2) is 0 Å². The highest BCUT2D eigenvalue weighted by Crippen LogP contribution is 2.16. The zero-order chi connectivity index (χ0) is 21.6. The van der Waals surface area contributed by atoms with Crippen LogP contribution in [0.15, 0.2) is 0 Å². The third-order valence-electron chi connectivity index (χ3n) is 5.86. The fraction of sp³-hybridized carbons (Fsp3) is 0.923. The number of unbranched alkanes of at least 4 members (excludes halogenated alkanes) is 16. The molecule has 3 nitrogen and oxygen atoms in total. The SMILES string of the molecule is CCCCCCCCCCCCCCOC(=O)C(CCCCCCCC)C(C)=O. The van der Waals surface area contributed by atoms with Crippen LogP contribution in [0.2, 0.25) is 0 Å². The molecule has 0 aliphatic carbocycles. The first kappa shape index (κ1) is 28.1. The van der Waals surface area contributed by atoms with E-state index in [-0.39, 0.29) is 11.8 Å². The maximum atomic E-state index is 12.2. The Labute approximate surface area is 181 Å². The summed E-state index contributed by atoms with van der Waals surface area (Å²) >= 11 is 0. The largest absolute Gasteiger partial charge is 0.465 e. The van der Waals surface area contributed by atoms with Crippen LogP contribution < -0.4 is 0 Å². The average Bonchev–Trinajstić information content (AvgIpc) is 2.70. The lowest BCUT2D eigenvalue weighted by Gasteiger charge is -2.13. The fourth-order valence-electron chi connectivity index (χ4n) is 3.83. The number of hydrogen-bond acceptors (Lipinski definition) is 3. The van der Waals surface area contributed by atoms with E-state index in [9.17, 15) is 9.59 Å². The third-order valence-corrected chi connectivity index (χ3v) is 5.86. The lowest BCUT2D eigenvalue weighted by Crippen LogP contribution is -2.24. The fourth-order valence-corrected chi connectivity index (χ4v) is 3.83. The molecule has 0 amide bonds. The van der Waals surface area contributed by atoms with E-state index in [1.165, 1.54) is 96.8 Å². The highest BCUT2D eigenvalue weighted by atomic mass is 16.5. The van der Waals surface area contributed by atoms with Crippen LogP contribution in [0.5, 0.6) is 0 Å². The summed E-state index contributed by atoms with van der Waals surface area (Å²) in [7, 11) is 0. The number of carbonyl (C=O) groups excluding carboxylic acids is 2. The molecule has 0 N–H and O–H groups in total. The zero-order valence-corrected chi connectivity index (χ0v) is 19.9. The van der Waals surface area contributed by atoms with Crippen molar-refractivity contribution in [2.24, 2.45) is 5.92 Å². The van der Waals surface area contributed by atoms with Crippen molar-refractivity contribution in [3.63, 3.8) is 0 Å². The molecule has 0 radical (unpaired) electrons. The van der Waals surface area contributed by atoms with Crippen molar-refractivity contribution in [2.75, 3.05) is 6.61 Å². The van der Waals surface area contributed by atoms with Crippen LogP contribution in [0.4, 0.5) is 0 Å².